The van der Waals surface area contributed by atoms with Gasteiger partial charge in [-0.15, -0.1) is 0 Å². The predicted octanol–water partition coefficient (Wildman–Crippen LogP) is 2.67. The van der Waals surface area contributed by atoms with Crippen LogP contribution in [0.15, 0.2) is 18.2 Å². The van der Waals surface area contributed by atoms with Crippen LogP contribution in [-0.2, 0) is 24.2 Å². The third-order valence-corrected chi connectivity index (χ3v) is 6.37. The van der Waals surface area contributed by atoms with Gasteiger partial charge in [-0.3, -0.25) is 9.48 Å². The average Bonchev–Trinajstić information content (AvgIpc) is 3.06. The largest absolute Gasteiger partial charge is 0.476 e. The van der Waals surface area contributed by atoms with Crippen molar-refractivity contribution < 1.29 is 23.5 Å². The number of alkyl halides is 2. The zero-order chi connectivity index (χ0) is 22.3. The Balaban J connectivity index is 1.45. The summed E-state index contributed by atoms with van der Waals surface area (Å²) in [4.78, 5) is 28.3. The molecule has 0 radical (unpaired) electrons. The van der Waals surface area contributed by atoms with Crippen molar-refractivity contribution in [1.29, 1.82) is 0 Å². The molecule has 0 atom stereocenters. The molecular weight excluding hydrogens is 406 g/mol. The van der Waals surface area contributed by atoms with Crippen molar-refractivity contribution in [3.05, 3.63) is 46.3 Å². The number of halogens is 2. The molecule has 1 aromatic heterocycles. The van der Waals surface area contributed by atoms with Crippen molar-refractivity contribution in [3.8, 4) is 0 Å². The smallest absolute Gasteiger partial charge is 0.356 e. The Morgan fingerprint density at radius 2 is 1.87 bits per heavy atom. The van der Waals surface area contributed by atoms with E-state index in [1.807, 2.05) is 6.07 Å². The van der Waals surface area contributed by atoms with Crippen molar-refractivity contribution in [2.24, 2.45) is 0 Å². The lowest BCUT2D eigenvalue weighted by molar-refractivity contribution is -0.132. The Bertz CT molecular complexity index is 1030. The molecule has 2 aromatic rings. The standard InChI is InChI=1S/C22H26F2N4O3/c1-14-4-3-5-17(15(14)2)26-8-10-27(11-9-26)19(29)13-28-18-6-7-22(23,24)12-16(18)20(25-28)21(30)31/h3-5H,6-13H2,1-2H3,(H,30,31). The molecule has 0 spiro atoms. The molecule has 1 aromatic carbocycles. The maximum absolute atomic E-state index is 13.8. The monoisotopic (exact) mass is 432 g/mol. The molecule has 0 bridgehead atoms. The maximum Gasteiger partial charge on any atom is 0.356 e. The van der Waals surface area contributed by atoms with Gasteiger partial charge in [0, 0.05) is 56.0 Å². The van der Waals surface area contributed by atoms with Crippen molar-refractivity contribution in [2.75, 3.05) is 31.1 Å². The van der Waals surface area contributed by atoms with Crippen LogP contribution in [0.5, 0.6) is 0 Å². The van der Waals surface area contributed by atoms with Gasteiger partial charge in [-0.2, -0.15) is 5.10 Å². The van der Waals surface area contributed by atoms with Crippen molar-refractivity contribution in [1.82, 2.24) is 14.7 Å². The first-order valence-corrected chi connectivity index (χ1v) is 10.4. The van der Waals surface area contributed by atoms with Gasteiger partial charge in [0.15, 0.2) is 5.69 Å². The van der Waals surface area contributed by atoms with E-state index in [9.17, 15) is 23.5 Å². The average molecular weight is 432 g/mol. The second-order valence-corrected chi connectivity index (χ2v) is 8.36. The number of carbonyl (C=O) groups excluding carboxylic acids is 1. The molecule has 9 heteroatoms. The van der Waals surface area contributed by atoms with E-state index >= 15 is 0 Å². The van der Waals surface area contributed by atoms with E-state index < -0.39 is 18.3 Å². The number of fused-ring (bicyclic) bond motifs is 1. The van der Waals surface area contributed by atoms with Crippen LogP contribution in [0.2, 0.25) is 0 Å². The molecule has 0 unspecified atom stereocenters. The number of carboxylic acids is 1. The second kappa shape index (κ2) is 7.94. The van der Waals surface area contributed by atoms with Crippen LogP contribution < -0.4 is 4.90 Å². The molecule has 4 rings (SSSR count). The van der Waals surface area contributed by atoms with Gasteiger partial charge in [-0.25, -0.2) is 13.6 Å². The van der Waals surface area contributed by atoms with Gasteiger partial charge in [0.25, 0.3) is 5.92 Å². The molecule has 31 heavy (non-hydrogen) atoms. The third kappa shape index (κ3) is 4.13. The molecule has 1 N–H and O–H groups in total. The minimum Gasteiger partial charge on any atom is -0.476 e. The number of benzene rings is 1. The topological polar surface area (TPSA) is 78.7 Å². The van der Waals surface area contributed by atoms with Crippen molar-refractivity contribution in [3.63, 3.8) is 0 Å². The van der Waals surface area contributed by atoms with Crippen molar-refractivity contribution in [2.45, 2.75) is 45.6 Å². The zero-order valence-electron chi connectivity index (χ0n) is 17.7. The first kappa shape index (κ1) is 21.3. The van der Waals surface area contributed by atoms with Crippen LogP contribution in [0, 0.1) is 13.8 Å². The second-order valence-electron chi connectivity index (χ2n) is 8.36. The fourth-order valence-electron chi connectivity index (χ4n) is 4.45. The van der Waals surface area contributed by atoms with Gasteiger partial charge in [-0.1, -0.05) is 12.1 Å². The van der Waals surface area contributed by atoms with Crippen LogP contribution in [-0.4, -0.2) is 63.8 Å². The number of aryl methyl sites for hydroxylation is 1. The molecular formula is C22H26F2N4O3. The van der Waals surface area contributed by atoms with E-state index in [1.165, 1.54) is 21.5 Å². The molecule has 1 aliphatic heterocycles. The van der Waals surface area contributed by atoms with E-state index in [0.29, 0.717) is 31.9 Å². The summed E-state index contributed by atoms with van der Waals surface area (Å²) in [5.41, 5.74) is 3.73. The SMILES string of the molecule is Cc1cccc(N2CCN(C(=O)Cn3nc(C(=O)O)c4c3CCC(F)(F)C4)CC2)c1C. The molecule has 0 saturated carbocycles. The number of hydrogen-bond acceptors (Lipinski definition) is 4. The lowest BCUT2D eigenvalue weighted by Crippen LogP contribution is -2.50. The van der Waals surface area contributed by atoms with Crippen molar-refractivity contribution >= 4 is 17.6 Å². The zero-order valence-corrected chi connectivity index (χ0v) is 17.7. The van der Waals surface area contributed by atoms with E-state index in [1.54, 1.807) is 4.90 Å². The molecule has 166 valence electrons. The predicted molar refractivity (Wildman–Crippen MR) is 111 cm³/mol. The molecule has 1 saturated heterocycles. The Morgan fingerprint density at radius 1 is 1.16 bits per heavy atom. The maximum atomic E-state index is 13.8. The number of piperazine rings is 1. The molecule has 1 aliphatic carbocycles. The lowest BCUT2D eigenvalue weighted by atomic mass is 9.92. The highest BCUT2D eigenvalue weighted by atomic mass is 19.3. The van der Waals surface area contributed by atoms with E-state index in [-0.39, 0.29) is 36.6 Å². The number of amides is 1. The molecule has 2 aliphatic rings. The van der Waals surface area contributed by atoms with E-state index in [2.05, 4.69) is 36.0 Å². The Kier molecular flexibility index (Phi) is 5.45. The highest BCUT2D eigenvalue weighted by molar-refractivity contribution is 5.87. The van der Waals surface area contributed by atoms with Crippen LogP contribution >= 0.6 is 0 Å². The number of rotatable bonds is 4. The van der Waals surface area contributed by atoms with Crippen LogP contribution in [0.1, 0.15) is 39.3 Å². The number of carbonyl (C=O) groups is 2. The summed E-state index contributed by atoms with van der Waals surface area (Å²) in [5, 5.41) is 13.4. The summed E-state index contributed by atoms with van der Waals surface area (Å²) >= 11 is 0. The Labute approximate surface area is 179 Å². The van der Waals surface area contributed by atoms with Gasteiger partial charge in [0.05, 0.1) is 0 Å². The molecule has 2 heterocycles. The minimum absolute atomic E-state index is 0.0102. The molecule has 1 amide bonds. The number of hydrogen-bond donors (Lipinski definition) is 1. The normalized spacial score (nSPS) is 18.1. The van der Waals surface area contributed by atoms with Gasteiger partial charge in [0.2, 0.25) is 5.91 Å². The summed E-state index contributed by atoms with van der Waals surface area (Å²) in [7, 11) is 0. The fraction of sp³-hybridized carbons (Fsp3) is 0.500. The summed E-state index contributed by atoms with van der Waals surface area (Å²) < 4.78 is 28.9. The Morgan fingerprint density at radius 3 is 2.55 bits per heavy atom. The highest BCUT2D eigenvalue weighted by Crippen LogP contribution is 2.35. The molecule has 1 fully saturated rings. The first-order chi connectivity index (χ1) is 14.7. The van der Waals surface area contributed by atoms with Gasteiger partial charge < -0.3 is 14.9 Å². The molecule has 7 nitrogen and oxygen atoms in total. The quantitative estimate of drug-likeness (QED) is 0.804. The highest BCUT2D eigenvalue weighted by Gasteiger charge is 2.39. The number of aromatic nitrogens is 2. The van der Waals surface area contributed by atoms with Gasteiger partial charge in [-0.05, 0) is 37.5 Å². The number of anilines is 1. The number of aromatic carboxylic acids is 1. The number of nitrogens with zero attached hydrogens (tertiary/aromatic N) is 4. The summed E-state index contributed by atoms with van der Waals surface area (Å²) in [5.74, 6) is -4.47. The van der Waals surface area contributed by atoms with E-state index in [0.717, 1.165) is 0 Å². The number of carboxylic acid groups (broad SMARTS) is 1. The van der Waals surface area contributed by atoms with Crippen LogP contribution in [0.4, 0.5) is 14.5 Å². The van der Waals surface area contributed by atoms with Gasteiger partial charge in [0.1, 0.15) is 6.54 Å². The third-order valence-electron chi connectivity index (χ3n) is 6.37. The lowest BCUT2D eigenvalue weighted by Gasteiger charge is -2.37. The summed E-state index contributed by atoms with van der Waals surface area (Å²) in [6.07, 6.45) is -1.00. The van der Waals surface area contributed by atoms with Crippen LogP contribution in [0.3, 0.4) is 0 Å². The van der Waals surface area contributed by atoms with Gasteiger partial charge >= 0.3 is 5.97 Å². The first-order valence-electron chi connectivity index (χ1n) is 10.4. The minimum atomic E-state index is -2.95. The summed E-state index contributed by atoms with van der Waals surface area (Å²) in [6, 6.07) is 6.18. The summed E-state index contributed by atoms with van der Waals surface area (Å²) in [6.45, 7) is 6.50. The van der Waals surface area contributed by atoms with Crippen LogP contribution in [0.25, 0.3) is 0 Å². The fourth-order valence-corrected chi connectivity index (χ4v) is 4.45. The van der Waals surface area contributed by atoms with E-state index in [4.69, 9.17) is 0 Å². The Hall–Kier alpha value is -2.97.